The first-order chi connectivity index (χ1) is 10.4. The van der Waals surface area contributed by atoms with Crippen LogP contribution in [0.3, 0.4) is 0 Å². The van der Waals surface area contributed by atoms with Crippen LogP contribution in [0.5, 0.6) is 0 Å². The normalized spacial score (nSPS) is 17.7. The summed E-state index contributed by atoms with van der Waals surface area (Å²) in [6.45, 7) is 1.58. The van der Waals surface area contributed by atoms with Crippen molar-refractivity contribution >= 4 is 17.8 Å². The summed E-state index contributed by atoms with van der Waals surface area (Å²) in [7, 11) is 0. The van der Waals surface area contributed by atoms with Crippen molar-refractivity contribution in [2.24, 2.45) is 4.99 Å². The first-order valence-corrected chi connectivity index (χ1v) is 6.28. The van der Waals surface area contributed by atoms with Gasteiger partial charge in [-0.15, -0.1) is 0 Å². The minimum absolute atomic E-state index is 0.0156. The Balaban J connectivity index is 2.25. The van der Waals surface area contributed by atoms with Gasteiger partial charge >= 0.3 is 6.18 Å². The fourth-order valence-electron chi connectivity index (χ4n) is 2.21. The summed E-state index contributed by atoms with van der Waals surface area (Å²) in [5, 5.41) is 2.51. The van der Waals surface area contributed by atoms with Crippen LogP contribution in [0.15, 0.2) is 46.4 Å². The molecule has 2 heterocycles. The maximum atomic E-state index is 13.2. The molecule has 8 heteroatoms. The molecule has 0 fully saturated rings. The van der Waals surface area contributed by atoms with Gasteiger partial charge in [0.25, 0.3) is 5.91 Å². The van der Waals surface area contributed by atoms with Crippen LogP contribution in [0, 0.1) is 0 Å². The SMILES string of the molecule is CC1=C2NC(=O)C=NC(c3ccccc3C(F)(F)F)=C2NO1. The Labute approximate surface area is 123 Å². The number of halogens is 3. The molecular formula is C14H10F3N3O2. The van der Waals surface area contributed by atoms with Crippen molar-refractivity contribution in [2.45, 2.75) is 13.1 Å². The third-order valence-corrected chi connectivity index (χ3v) is 3.19. The summed E-state index contributed by atoms with van der Waals surface area (Å²) < 4.78 is 39.5. The second kappa shape index (κ2) is 4.90. The van der Waals surface area contributed by atoms with Crippen LogP contribution in [0.4, 0.5) is 13.2 Å². The monoisotopic (exact) mass is 309 g/mol. The Morgan fingerprint density at radius 3 is 2.64 bits per heavy atom. The van der Waals surface area contributed by atoms with Gasteiger partial charge in [0.15, 0.2) is 5.76 Å². The number of hydroxylamine groups is 1. The number of benzene rings is 1. The van der Waals surface area contributed by atoms with Crippen molar-refractivity contribution in [1.82, 2.24) is 10.8 Å². The molecule has 0 aliphatic carbocycles. The zero-order valence-corrected chi connectivity index (χ0v) is 11.3. The summed E-state index contributed by atoms with van der Waals surface area (Å²) in [6.07, 6.45) is -3.60. The van der Waals surface area contributed by atoms with Crippen LogP contribution in [0.25, 0.3) is 5.70 Å². The van der Waals surface area contributed by atoms with Crippen LogP contribution >= 0.6 is 0 Å². The molecule has 22 heavy (non-hydrogen) atoms. The molecule has 1 aromatic rings. The predicted molar refractivity (Wildman–Crippen MR) is 71.9 cm³/mol. The molecule has 3 rings (SSSR count). The number of carbonyl (C=O) groups is 1. The van der Waals surface area contributed by atoms with E-state index in [9.17, 15) is 18.0 Å². The Kier molecular flexibility index (Phi) is 3.16. The zero-order chi connectivity index (χ0) is 15.9. The van der Waals surface area contributed by atoms with E-state index in [0.717, 1.165) is 12.3 Å². The largest absolute Gasteiger partial charge is 0.417 e. The molecular weight excluding hydrogens is 299 g/mol. The Bertz CT molecular complexity index is 748. The number of allylic oxidation sites excluding steroid dienone is 1. The van der Waals surface area contributed by atoms with Gasteiger partial charge in [-0.3, -0.25) is 4.79 Å². The van der Waals surface area contributed by atoms with Gasteiger partial charge in [-0.05, 0) is 13.0 Å². The van der Waals surface area contributed by atoms with Crippen molar-refractivity contribution in [2.75, 3.05) is 0 Å². The Morgan fingerprint density at radius 2 is 1.91 bits per heavy atom. The zero-order valence-electron chi connectivity index (χ0n) is 11.3. The highest BCUT2D eigenvalue weighted by Crippen LogP contribution is 2.38. The van der Waals surface area contributed by atoms with Crippen LogP contribution in [-0.4, -0.2) is 12.1 Å². The molecule has 0 aromatic heterocycles. The van der Waals surface area contributed by atoms with Crippen LogP contribution < -0.4 is 10.8 Å². The molecule has 114 valence electrons. The lowest BCUT2D eigenvalue weighted by atomic mass is 10.0. The quantitative estimate of drug-likeness (QED) is 0.837. The van der Waals surface area contributed by atoms with E-state index in [1.165, 1.54) is 18.2 Å². The number of nitrogens with zero attached hydrogens (tertiary/aromatic N) is 1. The van der Waals surface area contributed by atoms with Crippen LogP contribution in [-0.2, 0) is 15.8 Å². The lowest BCUT2D eigenvalue weighted by Crippen LogP contribution is -2.24. The van der Waals surface area contributed by atoms with Crippen molar-refractivity contribution < 1.29 is 22.8 Å². The highest BCUT2D eigenvalue weighted by Gasteiger charge is 2.36. The average molecular weight is 309 g/mol. The van der Waals surface area contributed by atoms with Crippen molar-refractivity contribution in [3.05, 3.63) is 52.5 Å². The first kappa shape index (κ1) is 14.2. The molecule has 0 atom stereocenters. The number of hydrogen-bond donors (Lipinski definition) is 2. The van der Waals surface area contributed by atoms with Gasteiger partial charge in [0.05, 0.1) is 17.5 Å². The maximum absolute atomic E-state index is 13.2. The second-order valence-corrected chi connectivity index (χ2v) is 4.65. The highest BCUT2D eigenvalue weighted by atomic mass is 19.4. The van der Waals surface area contributed by atoms with Gasteiger partial charge < -0.3 is 10.2 Å². The van der Waals surface area contributed by atoms with Crippen molar-refractivity contribution in [1.29, 1.82) is 0 Å². The average Bonchev–Trinajstić information content (AvgIpc) is 2.71. The smallest absolute Gasteiger partial charge is 0.385 e. The Morgan fingerprint density at radius 1 is 1.18 bits per heavy atom. The van der Waals surface area contributed by atoms with Gasteiger partial charge in [-0.1, -0.05) is 18.2 Å². The number of aliphatic imine (C=N–C) groups is 1. The lowest BCUT2D eigenvalue weighted by molar-refractivity contribution is -0.137. The number of nitrogens with one attached hydrogen (secondary N) is 2. The van der Waals surface area contributed by atoms with E-state index in [-0.39, 0.29) is 22.7 Å². The molecule has 2 N–H and O–H groups in total. The van der Waals surface area contributed by atoms with Crippen LogP contribution in [0.2, 0.25) is 0 Å². The number of carbonyl (C=O) groups excluding carboxylic acids is 1. The van der Waals surface area contributed by atoms with Gasteiger partial charge in [0, 0.05) is 5.56 Å². The van der Waals surface area contributed by atoms with Crippen molar-refractivity contribution in [3.63, 3.8) is 0 Å². The molecule has 2 aliphatic rings. The highest BCUT2D eigenvalue weighted by molar-refractivity contribution is 6.28. The summed E-state index contributed by atoms with van der Waals surface area (Å²) in [5.74, 6) is -0.200. The van der Waals surface area contributed by atoms with Gasteiger partial charge in [0.2, 0.25) is 0 Å². The second-order valence-electron chi connectivity index (χ2n) is 4.65. The molecule has 0 bridgehead atoms. The third-order valence-electron chi connectivity index (χ3n) is 3.19. The minimum atomic E-state index is -4.54. The molecule has 1 amide bonds. The summed E-state index contributed by atoms with van der Waals surface area (Å²) in [6, 6.07) is 5.03. The van der Waals surface area contributed by atoms with E-state index >= 15 is 0 Å². The number of fused-ring (bicyclic) bond motifs is 1. The summed E-state index contributed by atoms with van der Waals surface area (Å²) in [4.78, 5) is 20.6. The standard InChI is InChI=1S/C14H10F3N3O2/c1-7-11-13(20-22-7)12(18-6-10(21)19-11)8-4-2-3-5-9(8)14(15,16)17/h2-6,20H,1H3,(H,19,21). The molecule has 0 spiro atoms. The van der Waals surface area contributed by atoms with Crippen LogP contribution in [0.1, 0.15) is 18.1 Å². The van der Waals surface area contributed by atoms with E-state index in [0.29, 0.717) is 5.76 Å². The van der Waals surface area contributed by atoms with E-state index in [4.69, 9.17) is 4.84 Å². The molecule has 0 unspecified atom stereocenters. The molecule has 0 saturated heterocycles. The molecule has 0 radical (unpaired) electrons. The fraction of sp³-hybridized carbons (Fsp3) is 0.143. The number of amides is 1. The molecule has 5 nitrogen and oxygen atoms in total. The summed E-state index contributed by atoms with van der Waals surface area (Å²) in [5.41, 5.74) is 1.98. The van der Waals surface area contributed by atoms with Gasteiger partial charge in [-0.25, -0.2) is 10.5 Å². The maximum Gasteiger partial charge on any atom is 0.417 e. The molecule has 1 aromatic carbocycles. The predicted octanol–water partition coefficient (Wildman–Crippen LogP) is 2.34. The molecule has 0 saturated carbocycles. The number of hydrogen-bond acceptors (Lipinski definition) is 4. The lowest BCUT2D eigenvalue weighted by Gasteiger charge is -2.14. The summed E-state index contributed by atoms with van der Waals surface area (Å²) >= 11 is 0. The molecule has 2 aliphatic heterocycles. The van der Waals surface area contributed by atoms with E-state index in [1.54, 1.807) is 6.92 Å². The van der Waals surface area contributed by atoms with Gasteiger partial charge in [-0.2, -0.15) is 13.2 Å². The number of rotatable bonds is 1. The third kappa shape index (κ3) is 2.32. The Hall–Kier alpha value is -2.77. The van der Waals surface area contributed by atoms with E-state index in [2.05, 4.69) is 15.8 Å². The van der Waals surface area contributed by atoms with Crippen molar-refractivity contribution in [3.8, 4) is 0 Å². The van der Waals surface area contributed by atoms with E-state index < -0.39 is 17.6 Å². The number of alkyl halides is 3. The minimum Gasteiger partial charge on any atom is -0.385 e. The van der Waals surface area contributed by atoms with Gasteiger partial charge in [0.1, 0.15) is 11.4 Å². The van der Waals surface area contributed by atoms with E-state index in [1.807, 2.05) is 0 Å². The fourth-order valence-corrected chi connectivity index (χ4v) is 2.21. The first-order valence-electron chi connectivity index (χ1n) is 6.28. The topological polar surface area (TPSA) is 62.7 Å².